The normalized spacial score (nSPS) is 26.9. The molecular weight excluding hydrogens is 572 g/mol. The van der Waals surface area contributed by atoms with Crippen LogP contribution in [0.2, 0.25) is 0 Å². The molecule has 1 aromatic rings. The van der Waals surface area contributed by atoms with Gasteiger partial charge >= 0.3 is 0 Å². The molecule has 2 saturated heterocycles. The van der Waals surface area contributed by atoms with Crippen molar-refractivity contribution in [1.82, 2.24) is 10.6 Å². The number of ether oxygens (including phenoxy) is 2. The maximum Gasteiger partial charge on any atom is 0.252 e. The number of phenols is 1. The quantitative estimate of drug-likeness (QED) is 0.297. The van der Waals surface area contributed by atoms with E-state index >= 15 is 0 Å². The number of ketones is 1. The molecule has 1 amide bonds. The van der Waals surface area contributed by atoms with Crippen LogP contribution >= 0.6 is 0 Å². The molecule has 2 heterocycles. The number of epoxide rings is 1. The molecule has 6 aliphatic rings. The lowest BCUT2D eigenvalue weighted by atomic mass is 9.62. The average Bonchev–Trinajstić information content (AvgIpc) is 3.40. The van der Waals surface area contributed by atoms with Gasteiger partial charge < -0.3 is 41.0 Å². The van der Waals surface area contributed by atoms with E-state index in [2.05, 4.69) is 24.1 Å². The number of rotatable bonds is 6. The van der Waals surface area contributed by atoms with Gasteiger partial charge in [-0.05, 0) is 44.5 Å². The molecule has 2 aliphatic heterocycles. The van der Waals surface area contributed by atoms with E-state index in [-0.39, 0.29) is 46.5 Å². The Hall–Kier alpha value is -3.34. The van der Waals surface area contributed by atoms with Crippen molar-refractivity contribution in [1.29, 1.82) is 0 Å². The van der Waals surface area contributed by atoms with Crippen LogP contribution in [-0.4, -0.2) is 75.5 Å². The highest BCUT2D eigenvalue weighted by molar-refractivity contribution is 6.15. The van der Waals surface area contributed by atoms with E-state index in [0.29, 0.717) is 60.6 Å². The van der Waals surface area contributed by atoms with Gasteiger partial charge in [0.15, 0.2) is 17.1 Å². The van der Waals surface area contributed by atoms with Crippen LogP contribution in [-0.2, 0) is 27.2 Å². The molecule has 1 saturated carbocycles. The summed E-state index contributed by atoms with van der Waals surface area (Å²) in [7, 11) is 7.62. The minimum Gasteiger partial charge on any atom is -0.511 e. The molecule has 0 aromatic heterocycles. The number of nitrogens with one attached hydrogen (secondary N) is 2. The fraction of sp³-hybridized carbons (Fsp3) is 0.600. The second-order valence-electron chi connectivity index (χ2n) is 13.9. The minimum absolute atomic E-state index is 0.00526. The molecule has 1 spiro atoms. The van der Waals surface area contributed by atoms with Gasteiger partial charge in [-0.3, -0.25) is 9.59 Å². The Kier molecular flexibility index (Phi) is 9.40. The maximum atomic E-state index is 14.0. The Labute approximate surface area is 266 Å². The van der Waals surface area contributed by atoms with Crippen LogP contribution in [0.25, 0.3) is 0 Å². The number of hydrogen-bond acceptors (Lipinski definition) is 9. The van der Waals surface area contributed by atoms with E-state index in [4.69, 9.17) is 15.2 Å². The highest BCUT2D eigenvalue weighted by atomic mass is 16.6. The number of carbonyl (C=O) groups excluding carboxylic acids is 2. The summed E-state index contributed by atoms with van der Waals surface area (Å²) in [5.41, 5.74) is 8.18. The highest BCUT2D eigenvalue weighted by Crippen LogP contribution is 2.66. The lowest BCUT2D eigenvalue weighted by Gasteiger charge is -2.39. The van der Waals surface area contributed by atoms with Gasteiger partial charge in [-0.25, -0.2) is 0 Å². The predicted molar refractivity (Wildman–Crippen MR) is 174 cm³/mol. The van der Waals surface area contributed by atoms with Crippen LogP contribution in [0.4, 0.5) is 5.69 Å². The number of phenolic OH excluding ortho intramolecular Hbond substituents is 1. The molecule has 1 aromatic carbocycles. The Morgan fingerprint density at radius 2 is 1.76 bits per heavy atom. The summed E-state index contributed by atoms with van der Waals surface area (Å²) >= 11 is 0. The summed E-state index contributed by atoms with van der Waals surface area (Å²) in [6.45, 7) is 8.77. The first kappa shape index (κ1) is 33.0. The van der Waals surface area contributed by atoms with E-state index in [1.807, 2.05) is 39.2 Å². The number of allylic oxidation sites excluding steroid dienone is 2. The third kappa shape index (κ3) is 5.88. The monoisotopic (exact) mass is 622 g/mol. The number of nitrogens with zero attached hydrogens (tertiary/aromatic N) is 1. The van der Waals surface area contributed by atoms with Crippen molar-refractivity contribution in [3.05, 3.63) is 57.6 Å². The Morgan fingerprint density at radius 3 is 2.29 bits per heavy atom. The van der Waals surface area contributed by atoms with E-state index < -0.39 is 11.5 Å². The predicted octanol–water partition coefficient (Wildman–Crippen LogP) is 4.03. The molecule has 3 fully saturated rings. The number of primary amides is 1. The average molecular weight is 623 g/mol. The fourth-order valence-electron chi connectivity index (χ4n) is 7.66. The molecule has 10 heteroatoms. The highest BCUT2D eigenvalue weighted by Gasteiger charge is 2.69. The molecule has 10 nitrogen and oxygen atoms in total. The Bertz CT molecular complexity index is 1430. The molecule has 246 valence electrons. The first-order chi connectivity index (χ1) is 21.4. The number of Topliss-reactive ketones (excluding diaryl/α,β-unsaturated/α-hetero) is 1. The summed E-state index contributed by atoms with van der Waals surface area (Å²) in [6.07, 6.45) is 8.91. The molecule has 6 N–H and O–H groups in total. The van der Waals surface area contributed by atoms with Crippen LogP contribution < -0.4 is 21.3 Å². The van der Waals surface area contributed by atoms with Crippen molar-refractivity contribution in [3.63, 3.8) is 0 Å². The van der Waals surface area contributed by atoms with Crippen molar-refractivity contribution in [3.8, 4) is 5.75 Å². The molecule has 7 rings (SSSR count). The number of carbonyl (C=O) groups is 2. The van der Waals surface area contributed by atoms with E-state index in [1.165, 1.54) is 32.1 Å². The second kappa shape index (κ2) is 12.8. The number of aliphatic hydroxyl groups is 1. The van der Waals surface area contributed by atoms with Crippen LogP contribution in [0.3, 0.4) is 0 Å². The number of aromatic hydroxyl groups is 1. The third-order valence-corrected chi connectivity index (χ3v) is 9.97. The van der Waals surface area contributed by atoms with Crippen LogP contribution in [0.1, 0.15) is 73.4 Å². The third-order valence-electron chi connectivity index (χ3n) is 9.97. The van der Waals surface area contributed by atoms with Gasteiger partial charge in [0, 0.05) is 67.3 Å². The Balaban J connectivity index is 0.000000443. The number of hydrogen-bond donors (Lipinski definition) is 5. The molecule has 1 unspecified atom stereocenters. The number of amides is 1. The van der Waals surface area contributed by atoms with Gasteiger partial charge in [0.05, 0.1) is 24.4 Å². The SMILES string of the molecule is C1CCCC1.C=C1C(C(N)=O)=C(O)C[C@@H]2CC3Cc4c(N(C)C)cc(CNCC5(C)COC5)c(O)c4C(=O)C3=C3O[C@]132.CNC. The molecule has 0 radical (unpaired) electrons. The van der Waals surface area contributed by atoms with E-state index in [9.17, 15) is 19.8 Å². The largest absolute Gasteiger partial charge is 0.511 e. The summed E-state index contributed by atoms with van der Waals surface area (Å²) in [5, 5.41) is 28.1. The van der Waals surface area contributed by atoms with Crippen molar-refractivity contribution in [2.24, 2.45) is 23.0 Å². The number of fused-ring (bicyclic) bond motifs is 2. The second-order valence-corrected chi connectivity index (χ2v) is 13.9. The fourth-order valence-corrected chi connectivity index (χ4v) is 7.66. The van der Waals surface area contributed by atoms with Crippen molar-refractivity contribution >= 4 is 17.4 Å². The zero-order valence-electron chi connectivity index (χ0n) is 27.5. The van der Waals surface area contributed by atoms with Gasteiger partial charge in [-0.2, -0.15) is 0 Å². The van der Waals surface area contributed by atoms with Crippen LogP contribution in [0.15, 0.2) is 40.9 Å². The maximum absolute atomic E-state index is 14.0. The smallest absolute Gasteiger partial charge is 0.252 e. The molecule has 0 bridgehead atoms. The summed E-state index contributed by atoms with van der Waals surface area (Å²) in [6, 6.07) is 1.96. The lowest BCUT2D eigenvalue weighted by Crippen LogP contribution is -2.47. The van der Waals surface area contributed by atoms with Gasteiger partial charge in [0.25, 0.3) is 5.91 Å². The summed E-state index contributed by atoms with van der Waals surface area (Å²) < 4.78 is 11.5. The lowest BCUT2D eigenvalue weighted by molar-refractivity contribution is -0.114. The number of anilines is 1. The summed E-state index contributed by atoms with van der Waals surface area (Å²) in [5.74, 6) is -0.830. The number of benzene rings is 1. The molecule has 4 aliphatic carbocycles. The van der Waals surface area contributed by atoms with Gasteiger partial charge in [0.2, 0.25) is 0 Å². The molecule has 45 heavy (non-hydrogen) atoms. The van der Waals surface area contributed by atoms with Gasteiger partial charge in [-0.1, -0.05) is 45.6 Å². The van der Waals surface area contributed by atoms with E-state index in [1.54, 1.807) is 0 Å². The van der Waals surface area contributed by atoms with Crippen molar-refractivity contribution < 1.29 is 29.3 Å². The first-order valence-electron chi connectivity index (χ1n) is 16.2. The number of aliphatic hydroxyl groups excluding tert-OH is 1. The van der Waals surface area contributed by atoms with Gasteiger partial charge in [-0.15, -0.1) is 0 Å². The zero-order valence-corrected chi connectivity index (χ0v) is 27.5. The minimum atomic E-state index is -0.977. The molecule has 3 atom stereocenters. The van der Waals surface area contributed by atoms with Gasteiger partial charge in [0.1, 0.15) is 11.5 Å². The zero-order chi connectivity index (χ0) is 32.7. The Morgan fingerprint density at radius 1 is 1.13 bits per heavy atom. The molecular formula is C35H50N4O6. The van der Waals surface area contributed by atoms with Crippen LogP contribution in [0.5, 0.6) is 5.75 Å². The van der Waals surface area contributed by atoms with Crippen LogP contribution in [0, 0.1) is 17.3 Å². The summed E-state index contributed by atoms with van der Waals surface area (Å²) in [4.78, 5) is 28.1. The van der Waals surface area contributed by atoms with Crippen molar-refractivity contribution in [2.75, 3.05) is 52.8 Å². The first-order valence-corrected chi connectivity index (χ1v) is 16.2. The number of nitrogens with two attached hydrogens (primary N) is 1. The van der Waals surface area contributed by atoms with E-state index in [0.717, 1.165) is 17.8 Å². The standard InChI is InChI=1S/C28H33N3O6.C5H10.C2H7N/c1-13-20(26(29)35)19(32)8-16-5-14-6-17-18(31(3)4)7-15(9-30-10-27(2)11-36-12-27)23(33)22(17)24(34)21(14)25-28(13,16)37-25;1-2-4-5-3-1;1-3-2/h7,14,16,30,32-33H,1,5-6,8-12H2,2-4H3,(H2,29,35);1-5H2;3H,1-2H3/t14?,16-,28-;;/m0../s1. The topological polar surface area (TPSA) is 150 Å². The van der Waals surface area contributed by atoms with Crippen molar-refractivity contribution in [2.45, 2.75) is 70.4 Å².